The normalized spacial score (nSPS) is 8.93. The standard InChI is InChI=1S/C10H13FO.C2H6/c1-3-6-12-10-5-4-8(2)7-9(10)11;1-2/h4-5,7H,3,6H2,1-2H3;1-2H3. The summed E-state index contributed by atoms with van der Waals surface area (Å²) in [6, 6.07) is 4.99. The third-order valence-corrected chi connectivity index (χ3v) is 1.55. The van der Waals surface area contributed by atoms with E-state index in [0.29, 0.717) is 12.4 Å². The van der Waals surface area contributed by atoms with Crippen LogP contribution in [0.15, 0.2) is 18.2 Å². The lowest BCUT2D eigenvalue weighted by Gasteiger charge is -2.05. The zero-order valence-electron chi connectivity index (χ0n) is 9.43. The SMILES string of the molecule is CC.CCCOc1ccc(C)cc1F. The Balaban J connectivity index is 0.000000791. The van der Waals surface area contributed by atoms with Gasteiger partial charge in [-0.1, -0.05) is 26.8 Å². The highest BCUT2D eigenvalue weighted by Gasteiger charge is 2.01. The van der Waals surface area contributed by atoms with Gasteiger partial charge in [-0.2, -0.15) is 0 Å². The number of hydrogen-bond donors (Lipinski definition) is 0. The number of ether oxygens (including phenoxy) is 1. The summed E-state index contributed by atoms with van der Waals surface area (Å²) < 4.78 is 18.2. The number of halogens is 1. The third kappa shape index (κ3) is 4.26. The Morgan fingerprint density at radius 2 is 1.93 bits per heavy atom. The van der Waals surface area contributed by atoms with Crippen molar-refractivity contribution in [2.45, 2.75) is 34.1 Å². The van der Waals surface area contributed by atoms with Gasteiger partial charge in [0.15, 0.2) is 11.6 Å². The molecule has 0 radical (unpaired) electrons. The van der Waals surface area contributed by atoms with Gasteiger partial charge < -0.3 is 4.74 Å². The molecule has 0 amide bonds. The molecule has 1 aromatic carbocycles. The van der Waals surface area contributed by atoms with Crippen LogP contribution in [0.25, 0.3) is 0 Å². The van der Waals surface area contributed by atoms with Crippen molar-refractivity contribution < 1.29 is 9.13 Å². The molecule has 1 aromatic rings. The molecular formula is C12H19FO. The number of rotatable bonds is 3. The largest absolute Gasteiger partial charge is 0.491 e. The van der Waals surface area contributed by atoms with Crippen molar-refractivity contribution in [3.63, 3.8) is 0 Å². The first-order chi connectivity index (χ1) is 6.74. The molecule has 0 atom stereocenters. The zero-order valence-corrected chi connectivity index (χ0v) is 9.43. The Kier molecular flexibility index (Phi) is 6.81. The zero-order chi connectivity index (χ0) is 11.0. The number of hydrogen-bond acceptors (Lipinski definition) is 1. The molecule has 0 aliphatic rings. The summed E-state index contributed by atoms with van der Waals surface area (Å²) in [5.74, 6) is 0.0749. The molecular weight excluding hydrogens is 179 g/mol. The molecule has 14 heavy (non-hydrogen) atoms. The van der Waals surface area contributed by atoms with Crippen LogP contribution in [0.3, 0.4) is 0 Å². The molecule has 0 aliphatic heterocycles. The highest BCUT2D eigenvalue weighted by molar-refractivity contribution is 5.28. The smallest absolute Gasteiger partial charge is 0.165 e. The van der Waals surface area contributed by atoms with Crippen molar-refractivity contribution in [2.75, 3.05) is 6.61 Å². The van der Waals surface area contributed by atoms with E-state index in [9.17, 15) is 4.39 Å². The highest BCUT2D eigenvalue weighted by Crippen LogP contribution is 2.17. The molecule has 80 valence electrons. The van der Waals surface area contributed by atoms with Gasteiger partial charge in [0, 0.05) is 0 Å². The average molecular weight is 198 g/mol. The van der Waals surface area contributed by atoms with E-state index in [4.69, 9.17) is 4.74 Å². The summed E-state index contributed by atoms with van der Waals surface area (Å²) >= 11 is 0. The van der Waals surface area contributed by atoms with Crippen LogP contribution < -0.4 is 4.74 Å². The summed E-state index contributed by atoms with van der Waals surface area (Å²) in [7, 11) is 0. The molecule has 0 N–H and O–H groups in total. The maximum Gasteiger partial charge on any atom is 0.165 e. The molecule has 1 nitrogen and oxygen atoms in total. The Morgan fingerprint density at radius 3 is 2.43 bits per heavy atom. The van der Waals surface area contributed by atoms with Crippen LogP contribution in [0.4, 0.5) is 4.39 Å². The molecule has 0 heterocycles. The van der Waals surface area contributed by atoms with Crippen molar-refractivity contribution in [1.29, 1.82) is 0 Å². The fourth-order valence-electron chi connectivity index (χ4n) is 0.935. The fourth-order valence-corrected chi connectivity index (χ4v) is 0.935. The molecule has 0 fully saturated rings. The van der Waals surface area contributed by atoms with Gasteiger partial charge in [-0.05, 0) is 31.0 Å². The summed E-state index contributed by atoms with van der Waals surface area (Å²) in [4.78, 5) is 0. The van der Waals surface area contributed by atoms with Crippen LogP contribution in [0.5, 0.6) is 5.75 Å². The second-order valence-electron chi connectivity index (χ2n) is 2.78. The summed E-state index contributed by atoms with van der Waals surface area (Å²) in [6.07, 6.45) is 0.896. The van der Waals surface area contributed by atoms with Crippen LogP contribution in [-0.4, -0.2) is 6.61 Å². The first-order valence-electron chi connectivity index (χ1n) is 5.13. The maximum atomic E-state index is 13.0. The van der Waals surface area contributed by atoms with E-state index < -0.39 is 0 Å². The molecule has 0 saturated carbocycles. The summed E-state index contributed by atoms with van der Waals surface area (Å²) in [6.45, 7) is 8.42. The van der Waals surface area contributed by atoms with Crippen molar-refractivity contribution in [3.8, 4) is 5.75 Å². The minimum atomic E-state index is -0.275. The molecule has 0 spiro atoms. The quantitative estimate of drug-likeness (QED) is 0.714. The molecule has 0 aromatic heterocycles. The summed E-state index contributed by atoms with van der Waals surface area (Å²) in [5, 5.41) is 0. The Bertz CT molecular complexity index is 258. The van der Waals surface area contributed by atoms with E-state index >= 15 is 0 Å². The first-order valence-corrected chi connectivity index (χ1v) is 5.13. The van der Waals surface area contributed by atoms with Crippen LogP contribution in [0.1, 0.15) is 32.8 Å². The molecule has 0 bridgehead atoms. The van der Waals surface area contributed by atoms with E-state index in [1.54, 1.807) is 6.07 Å². The fraction of sp³-hybridized carbons (Fsp3) is 0.500. The van der Waals surface area contributed by atoms with Crippen molar-refractivity contribution in [2.24, 2.45) is 0 Å². The van der Waals surface area contributed by atoms with Crippen molar-refractivity contribution >= 4 is 0 Å². The predicted octanol–water partition coefficient (Wildman–Crippen LogP) is 3.95. The Labute approximate surface area is 85.9 Å². The van der Waals surface area contributed by atoms with Crippen molar-refractivity contribution in [3.05, 3.63) is 29.6 Å². The van der Waals surface area contributed by atoms with E-state index in [0.717, 1.165) is 12.0 Å². The first kappa shape index (κ1) is 12.9. The van der Waals surface area contributed by atoms with E-state index in [2.05, 4.69) is 0 Å². The van der Waals surface area contributed by atoms with E-state index in [-0.39, 0.29) is 5.82 Å². The molecule has 2 heteroatoms. The number of aryl methyl sites for hydroxylation is 1. The average Bonchev–Trinajstić information content (AvgIpc) is 2.20. The summed E-state index contributed by atoms with van der Waals surface area (Å²) in [5.41, 5.74) is 0.913. The highest BCUT2D eigenvalue weighted by atomic mass is 19.1. The molecule has 1 rings (SSSR count). The van der Waals surface area contributed by atoms with Crippen LogP contribution in [0.2, 0.25) is 0 Å². The molecule has 0 aliphatic carbocycles. The van der Waals surface area contributed by atoms with Crippen LogP contribution in [0, 0.1) is 12.7 Å². The maximum absolute atomic E-state index is 13.0. The van der Waals surface area contributed by atoms with Gasteiger partial charge in [-0.3, -0.25) is 0 Å². The van der Waals surface area contributed by atoms with Gasteiger partial charge in [-0.25, -0.2) is 4.39 Å². The van der Waals surface area contributed by atoms with Crippen LogP contribution >= 0.6 is 0 Å². The van der Waals surface area contributed by atoms with Gasteiger partial charge in [-0.15, -0.1) is 0 Å². The lowest BCUT2D eigenvalue weighted by atomic mass is 10.2. The molecule has 0 saturated heterocycles. The van der Waals surface area contributed by atoms with Gasteiger partial charge in [0.2, 0.25) is 0 Å². The minimum Gasteiger partial charge on any atom is -0.491 e. The van der Waals surface area contributed by atoms with Gasteiger partial charge >= 0.3 is 0 Å². The Hall–Kier alpha value is -1.05. The minimum absolute atomic E-state index is 0.275. The monoisotopic (exact) mass is 198 g/mol. The van der Waals surface area contributed by atoms with Crippen LogP contribution in [-0.2, 0) is 0 Å². The van der Waals surface area contributed by atoms with Gasteiger partial charge in [0.05, 0.1) is 6.61 Å². The topological polar surface area (TPSA) is 9.23 Å². The second-order valence-corrected chi connectivity index (χ2v) is 2.78. The molecule has 0 unspecified atom stereocenters. The van der Waals surface area contributed by atoms with Gasteiger partial charge in [0.1, 0.15) is 0 Å². The van der Waals surface area contributed by atoms with E-state index in [1.165, 1.54) is 6.07 Å². The van der Waals surface area contributed by atoms with Crippen molar-refractivity contribution in [1.82, 2.24) is 0 Å². The Morgan fingerprint density at radius 1 is 1.29 bits per heavy atom. The lowest BCUT2D eigenvalue weighted by molar-refractivity contribution is 0.301. The van der Waals surface area contributed by atoms with E-state index in [1.807, 2.05) is 33.8 Å². The van der Waals surface area contributed by atoms with Gasteiger partial charge in [0.25, 0.3) is 0 Å². The second kappa shape index (κ2) is 7.36. The number of benzene rings is 1. The third-order valence-electron chi connectivity index (χ3n) is 1.55. The lowest BCUT2D eigenvalue weighted by Crippen LogP contribution is -1.97. The predicted molar refractivity (Wildman–Crippen MR) is 58.3 cm³/mol.